The summed E-state index contributed by atoms with van der Waals surface area (Å²) in [7, 11) is 0. The normalized spacial score (nSPS) is 14.1. The second kappa shape index (κ2) is 6.20. The molecule has 0 radical (unpaired) electrons. The Bertz CT molecular complexity index is 542. The van der Waals surface area contributed by atoms with Crippen LogP contribution in [0.25, 0.3) is 0 Å². The molecule has 2 unspecified atom stereocenters. The first-order valence-electron chi connectivity index (χ1n) is 6.31. The SMILES string of the molecule is Cc1ccc(C(O)C(N)Cc2ccccc2)cc1Cl. The molecule has 0 saturated carbocycles. The molecular weight excluding hydrogens is 258 g/mol. The largest absolute Gasteiger partial charge is 0.387 e. The van der Waals surface area contributed by atoms with Gasteiger partial charge in [-0.25, -0.2) is 0 Å². The van der Waals surface area contributed by atoms with Crippen LogP contribution >= 0.6 is 11.6 Å². The molecule has 3 N–H and O–H groups in total. The summed E-state index contributed by atoms with van der Waals surface area (Å²) in [5.74, 6) is 0. The number of aliphatic hydroxyl groups is 1. The van der Waals surface area contributed by atoms with Crippen LogP contribution in [0.4, 0.5) is 0 Å². The molecule has 2 atom stereocenters. The number of aryl methyl sites for hydroxylation is 1. The Hall–Kier alpha value is -1.35. The van der Waals surface area contributed by atoms with Crippen LogP contribution in [0.3, 0.4) is 0 Å². The number of nitrogens with two attached hydrogens (primary N) is 1. The number of rotatable bonds is 4. The molecule has 100 valence electrons. The monoisotopic (exact) mass is 275 g/mol. The number of hydrogen-bond acceptors (Lipinski definition) is 2. The first-order valence-corrected chi connectivity index (χ1v) is 6.69. The Kier molecular flexibility index (Phi) is 4.59. The van der Waals surface area contributed by atoms with Gasteiger partial charge < -0.3 is 10.8 Å². The molecule has 0 bridgehead atoms. The Morgan fingerprint density at radius 1 is 1.16 bits per heavy atom. The van der Waals surface area contributed by atoms with Gasteiger partial charge in [0.25, 0.3) is 0 Å². The second-order valence-electron chi connectivity index (χ2n) is 4.81. The van der Waals surface area contributed by atoms with Crippen molar-refractivity contribution in [1.82, 2.24) is 0 Å². The Balaban J connectivity index is 2.10. The summed E-state index contributed by atoms with van der Waals surface area (Å²) in [4.78, 5) is 0. The first-order chi connectivity index (χ1) is 9.08. The number of aliphatic hydroxyl groups excluding tert-OH is 1. The zero-order valence-corrected chi connectivity index (χ0v) is 11.6. The summed E-state index contributed by atoms with van der Waals surface area (Å²) in [6, 6.07) is 15.1. The molecule has 2 nitrogen and oxygen atoms in total. The van der Waals surface area contributed by atoms with E-state index >= 15 is 0 Å². The van der Waals surface area contributed by atoms with Gasteiger partial charge in [-0.2, -0.15) is 0 Å². The van der Waals surface area contributed by atoms with E-state index in [1.807, 2.05) is 49.4 Å². The summed E-state index contributed by atoms with van der Waals surface area (Å²) in [5.41, 5.74) is 8.95. The van der Waals surface area contributed by atoms with Crippen molar-refractivity contribution in [2.45, 2.75) is 25.5 Å². The Labute approximate surface area is 118 Å². The lowest BCUT2D eigenvalue weighted by Crippen LogP contribution is -2.30. The van der Waals surface area contributed by atoms with Gasteiger partial charge >= 0.3 is 0 Å². The number of halogens is 1. The van der Waals surface area contributed by atoms with Crippen LogP contribution < -0.4 is 5.73 Å². The van der Waals surface area contributed by atoms with E-state index in [0.717, 1.165) is 16.7 Å². The van der Waals surface area contributed by atoms with Crippen LogP contribution in [0.2, 0.25) is 5.02 Å². The summed E-state index contributed by atoms with van der Waals surface area (Å²) >= 11 is 6.07. The molecule has 0 amide bonds. The van der Waals surface area contributed by atoms with E-state index < -0.39 is 6.10 Å². The molecule has 0 fully saturated rings. The standard InChI is InChI=1S/C16H18ClNO/c1-11-7-8-13(10-14(11)17)16(19)15(18)9-12-5-3-2-4-6-12/h2-8,10,15-16,19H,9,18H2,1H3. The average Bonchev–Trinajstić information content (AvgIpc) is 2.42. The van der Waals surface area contributed by atoms with E-state index in [-0.39, 0.29) is 6.04 Å². The third kappa shape index (κ3) is 3.57. The molecule has 0 aliphatic carbocycles. The van der Waals surface area contributed by atoms with Gasteiger partial charge in [0.2, 0.25) is 0 Å². The van der Waals surface area contributed by atoms with Crippen LogP contribution in [0, 0.1) is 6.92 Å². The summed E-state index contributed by atoms with van der Waals surface area (Å²) in [5, 5.41) is 10.9. The summed E-state index contributed by atoms with van der Waals surface area (Å²) in [6.45, 7) is 1.93. The van der Waals surface area contributed by atoms with Crippen LogP contribution in [0.5, 0.6) is 0 Å². The molecule has 0 aliphatic rings. The van der Waals surface area contributed by atoms with Gasteiger partial charge in [0.1, 0.15) is 0 Å². The lowest BCUT2D eigenvalue weighted by Gasteiger charge is -2.20. The highest BCUT2D eigenvalue weighted by Gasteiger charge is 2.17. The van der Waals surface area contributed by atoms with E-state index in [1.165, 1.54) is 0 Å². The molecule has 0 heterocycles. The van der Waals surface area contributed by atoms with Crippen molar-refractivity contribution < 1.29 is 5.11 Å². The lowest BCUT2D eigenvalue weighted by molar-refractivity contribution is 0.146. The predicted molar refractivity (Wildman–Crippen MR) is 79.3 cm³/mol. The number of hydrogen-bond donors (Lipinski definition) is 2. The van der Waals surface area contributed by atoms with Gasteiger partial charge in [0.15, 0.2) is 0 Å². The Morgan fingerprint density at radius 2 is 1.84 bits per heavy atom. The van der Waals surface area contributed by atoms with Crippen molar-refractivity contribution in [3.63, 3.8) is 0 Å². The van der Waals surface area contributed by atoms with Gasteiger partial charge in [-0.05, 0) is 36.1 Å². The fourth-order valence-corrected chi connectivity index (χ4v) is 2.23. The third-order valence-electron chi connectivity index (χ3n) is 3.26. The van der Waals surface area contributed by atoms with Crippen molar-refractivity contribution in [2.24, 2.45) is 5.73 Å². The molecule has 3 heteroatoms. The molecule has 0 saturated heterocycles. The average molecular weight is 276 g/mol. The zero-order valence-electron chi connectivity index (χ0n) is 10.9. The maximum Gasteiger partial charge on any atom is 0.0944 e. The predicted octanol–water partition coefficient (Wildman–Crippen LogP) is 3.25. The summed E-state index contributed by atoms with van der Waals surface area (Å²) in [6.07, 6.45) is -0.0775. The number of benzene rings is 2. The van der Waals surface area contributed by atoms with Crippen molar-refractivity contribution in [1.29, 1.82) is 0 Å². The topological polar surface area (TPSA) is 46.2 Å². The van der Waals surface area contributed by atoms with Gasteiger partial charge in [0, 0.05) is 11.1 Å². The van der Waals surface area contributed by atoms with Crippen molar-refractivity contribution in [2.75, 3.05) is 0 Å². The minimum Gasteiger partial charge on any atom is -0.387 e. The van der Waals surface area contributed by atoms with E-state index in [1.54, 1.807) is 6.07 Å². The fraction of sp³-hybridized carbons (Fsp3) is 0.250. The minimum absolute atomic E-state index is 0.346. The highest BCUT2D eigenvalue weighted by Crippen LogP contribution is 2.24. The quantitative estimate of drug-likeness (QED) is 0.900. The maximum atomic E-state index is 10.3. The van der Waals surface area contributed by atoms with Crippen LogP contribution in [-0.4, -0.2) is 11.1 Å². The molecule has 0 spiro atoms. The van der Waals surface area contributed by atoms with Crippen molar-refractivity contribution >= 4 is 11.6 Å². The summed E-state index contributed by atoms with van der Waals surface area (Å²) < 4.78 is 0. The van der Waals surface area contributed by atoms with Crippen molar-refractivity contribution in [3.05, 3.63) is 70.2 Å². The third-order valence-corrected chi connectivity index (χ3v) is 3.66. The van der Waals surface area contributed by atoms with Crippen molar-refractivity contribution in [3.8, 4) is 0 Å². The van der Waals surface area contributed by atoms with Gasteiger partial charge in [0.05, 0.1) is 6.10 Å². The highest BCUT2D eigenvalue weighted by atomic mass is 35.5. The Morgan fingerprint density at radius 3 is 2.47 bits per heavy atom. The highest BCUT2D eigenvalue weighted by molar-refractivity contribution is 6.31. The smallest absolute Gasteiger partial charge is 0.0944 e. The van der Waals surface area contributed by atoms with E-state index in [9.17, 15) is 5.11 Å². The molecule has 0 aliphatic heterocycles. The minimum atomic E-state index is -0.710. The van der Waals surface area contributed by atoms with E-state index in [0.29, 0.717) is 11.4 Å². The molecule has 2 aromatic carbocycles. The molecular formula is C16H18ClNO. The van der Waals surface area contributed by atoms with Crippen LogP contribution in [0.1, 0.15) is 22.8 Å². The second-order valence-corrected chi connectivity index (χ2v) is 5.21. The molecule has 2 aromatic rings. The van der Waals surface area contributed by atoms with Gasteiger partial charge in [-0.15, -0.1) is 0 Å². The van der Waals surface area contributed by atoms with Crippen LogP contribution in [-0.2, 0) is 6.42 Å². The van der Waals surface area contributed by atoms with E-state index in [4.69, 9.17) is 17.3 Å². The molecule has 0 aromatic heterocycles. The van der Waals surface area contributed by atoms with Crippen LogP contribution in [0.15, 0.2) is 48.5 Å². The molecule has 2 rings (SSSR count). The van der Waals surface area contributed by atoms with Gasteiger partial charge in [-0.1, -0.05) is 54.1 Å². The first kappa shape index (κ1) is 14.1. The molecule has 19 heavy (non-hydrogen) atoms. The fourth-order valence-electron chi connectivity index (χ4n) is 2.04. The van der Waals surface area contributed by atoms with Gasteiger partial charge in [-0.3, -0.25) is 0 Å². The van der Waals surface area contributed by atoms with E-state index in [2.05, 4.69) is 0 Å². The zero-order chi connectivity index (χ0) is 13.8. The lowest BCUT2D eigenvalue weighted by atomic mass is 9.96. The maximum absolute atomic E-state index is 10.3.